The minimum atomic E-state index is -0.256. The monoisotopic (exact) mass is 247 g/mol. The molecule has 2 rings (SSSR count). The average molecular weight is 247 g/mol. The highest BCUT2D eigenvalue weighted by atomic mass is 16.2. The van der Waals surface area contributed by atoms with Crippen molar-refractivity contribution in [2.75, 3.05) is 19.6 Å². The molecule has 2 heterocycles. The molecule has 0 saturated carbocycles. The second-order valence-corrected chi connectivity index (χ2v) is 4.37. The summed E-state index contributed by atoms with van der Waals surface area (Å²) in [6.45, 7) is 1.68. The Balaban J connectivity index is 1.80. The molecule has 0 unspecified atom stereocenters. The lowest BCUT2D eigenvalue weighted by molar-refractivity contribution is -0.130. The van der Waals surface area contributed by atoms with Gasteiger partial charge in [0, 0.05) is 25.5 Å². The first kappa shape index (κ1) is 12.5. The number of carbonyl (C=O) groups excluding carboxylic acids is 2. The van der Waals surface area contributed by atoms with E-state index in [0.717, 1.165) is 25.9 Å². The topological polar surface area (TPSA) is 62.3 Å². The Morgan fingerprint density at radius 3 is 2.72 bits per heavy atom. The lowest BCUT2D eigenvalue weighted by Crippen LogP contribution is -2.42. The van der Waals surface area contributed by atoms with E-state index in [1.807, 2.05) is 4.90 Å². The second kappa shape index (κ2) is 6.14. The van der Waals surface area contributed by atoms with E-state index in [2.05, 4.69) is 10.3 Å². The highest BCUT2D eigenvalue weighted by molar-refractivity contribution is 5.96. The van der Waals surface area contributed by atoms with E-state index in [9.17, 15) is 9.59 Å². The van der Waals surface area contributed by atoms with Gasteiger partial charge in [-0.15, -0.1) is 0 Å². The second-order valence-electron chi connectivity index (χ2n) is 4.37. The van der Waals surface area contributed by atoms with E-state index < -0.39 is 0 Å². The maximum atomic E-state index is 11.8. The van der Waals surface area contributed by atoms with Crippen LogP contribution in [0, 0.1) is 0 Å². The lowest BCUT2D eigenvalue weighted by atomic mass is 10.1. The van der Waals surface area contributed by atoms with E-state index in [1.54, 1.807) is 18.3 Å². The summed E-state index contributed by atoms with van der Waals surface area (Å²) in [7, 11) is 0. The molecule has 1 saturated heterocycles. The number of hydrogen-bond donors (Lipinski definition) is 1. The molecule has 0 aliphatic carbocycles. The first-order valence-electron chi connectivity index (χ1n) is 6.23. The molecule has 0 atom stereocenters. The number of amides is 2. The summed E-state index contributed by atoms with van der Waals surface area (Å²) in [4.78, 5) is 29.2. The maximum absolute atomic E-state index is 11.8. The molecule has 96 valence electrons. The number of piperidine rings is 1. The van der Waals surface area contributed by atoms with Crippen molar-refractivity contribution in [2.45, 2.75) is 19.3 Å². The quantitative estimate of drug-likeness (QED) is 0.860. The maximum Gasteiger partial charge on any atom is 0.253 e. The van der Waals surface area contributed by atoms with Crippen LogP contribution < -0.4 is 5.32 Å². The van der Waals surface area contributed by atoms with Crippen molar-refractivity contribution in [3.8, 4) is 0 Å². The minimum Gasteiger partial charge on any atom is -0.343 e. The molecule has 1 aromatic heterocycles. The zero-order chi connectivity index (χ0) is 12.8. The summed E-state index contributed by atoms with van der Waals surface area (Å²) in [5, 5.41) is 2.63. The summed E-state index contributed by atoms with van der Waals surface area (Å²) < 4.78 is 0. The predicted octanol–water partition coefficient (Wildman–Crippen LogP) is 0.824. The Kier molecular flexibility index (Phi) is 4.28. The van der Waals surface area contributed by atoms with Crippen LogP contribution in [0.2, 0.25) is 0 Å². The Morgan fingerprint density at radius 2 is 2.06 bits per heavy atom. The van der Waals surface area contributed by atoms with Gasteiger partial charge in [0.15, 0.2) is 0 Å². The molecule has 18 heavy (non-hydrogen) atoms. The van der Waals surface area contributed by atoms with E-state index in [4.69, 9.17) is 0 Å². The summed E-state index contributed by atoms with van der Waals surface area (Å²) in [5.74, 6) is -0.264. The fourth-order valence-electron chi connectivity index (χ4n) is 2.01. The molecule has 1 N–H and O–H groups in total. The standard InChI is InChI=1S/C13H17N3O2/c17-12(16-7-2-1-3-8-16)10-15-13(18)11-5-4-6-14-9-11/h4-6,9H,1-3,7-8,10H2,(H,15,18). The lowest BCUT2D eigenvalue weighted by Gasteiger charge is -2.26. The third kappa shape index (κ3) is 3.29. The molecule has 0 spiro atoms. The first-order chi connectivity index (χ1) is 8.77. The molecule has 1 aliphatic heterocycles. The van der Waals surface area contributed by atoms with Gasteiger partial charge < -0.3 is 10.2 Å². The van der Waals surface area contributed by atoms with Gasteiger partial charge in [-0.25, -0.2) is 0 Å². The van der Waals surface area contributed by atoms with Crippen molar-refractivity contribution in [1.82, 2.24) is 15.2 Å². The molecule has 1 fully saturated rings. The Bertz CT molecular complexity index is 414. The molecular formula is C13H17N3O2. The molecule has 2 amide bonds. The van der Waals surface area contributed by atoms with Gasteiger partial charge >= 0.3 is 0 Å². The van der Waals surface area contributed by atoms with Crippen molar-refractivity contribution in [2.24, 2.45) is 0 Å². The van der Waals surface area contributed by atoms with Crippen LogP contribution in [0.3, 0.4) is 0 Å². The smallest absolute Gasteiger partial charge is 0.253 e. The zero-order valence-electron chi connectivity index (χ0n) is 10.3. The summed E-state index contributed by atoms with van der Waals surface area (Å²) in [6, 6.07) is 3.37. The fourth-order valence-corrected chi connectivity index (χ4v) is 2.01. The third-order valence-corrected chi connectivity index (χ3v) is 3.03. The summed E-state index contributed by atoms with van der Waals surface area (Å²) >= 11 is 0. The van der Waals surface area contributed by atoms with E-state index >= 15 is 0 Å². The van der Waals surface area contributed by atoms with Gasteiger partial charge in [0.1, 0.15) is 0 Å². The van der Waals surface area contributed by atoms with Gasteiger partial charge in [-0.2, -0.15) is 0 Å². The highest BCUT2D eigenvalue weighted by Gasteiger charge is 2.17. The Morgan fingerprint density at radius 1 is 1.28 bits per heavy atom. The predicted molar refractivity (Wildman–Crippen MR) is 67.0 cm³/mol. The molecule has 0 radical (unpaired) electrons. The van der Waals surface area contributed by atoms with Gasteiger partial charge in [-0.3, -0.25) is 14.6 Å². The van der Waals surface area contributed by atoms with Crippen LogP contribution in [-0.4, -0.2) is 41.3 Å². The summed E-state index contributed by atoms with van der Waals surface area (Å²) in [5.41, 5.74) is 0.476. The van der Waals surface area contributed by atoms with E-state index in [-0.39, 0.29) is 18.4 Å². The van der Waals surface area contributed by atoms with Crippen molar-refractivity contribution in [3.05, 3.63) is 30.1 Å². The highest BCUT2D eigenvalue weighted by Crippen LogP contribution is 2.08. The molecule has 1 aromatic rings. The number of nitrogens with zero attached hydrogens (tertiary/aromatic N) is 2. The van der Waals surface area contributed by atoms with E-state index in [0.29, 0.717) is 5.56 Å². The number of likely N-dealkylation sites (tertiary alicyclic amines) is 1. The van der Waals surface area contributed by atoms with Crippen LogP contribution in [0.25, 0.3) is 0 Å². The first-order valence-corrected chi connectivity index (χ1v) is 6.23. The van der Waals surface area contributed by atoms with Crippen LogP contribution in [0.15, 0.2) is 24.5 Å². The summed E-state index contributed by atoms with van der Waals surface area (Å²) in [6.07, 6.45) is 6.40. The van der Waals surface area contributed by atoms with Crippen LogP contribution in [0.4, 0.5) is 0 Å². The molecule has 0 bridgehead atoms. The number of pyridine rings is 1. The number of rotatable bonds is 3. The van der Waals surface area contributed by atoms with Gasteiger partial charge in [0.25, 0.3) is 5.91 Å². The number of nitrogens with one attached hydrogen (secondary N) is 1. The Hall–Kier alpha value is -1.91. The van der Waals surface area contributed by atoms with Crippen LogP contribution in [0.1, 0.15) is 29.6 Å². The van der Waals surface area contributed by atoms with Crippen molar-refractivity contribution in [1.29, 1.82) is 0 Å². The molecular weight excluding hydrogens is 230 g/mol. The SMILES string of the molecule is O=C(NCC(=O)N1CCCCC1)c1cccnc1. The molecule has 5 heteroatoms. The van der Waals surface area contributed by atoms with Gasteiger partial charge in [-0.1, -0.05) is 0 Å². The van der Waals surface area contributed by atoms with Crippen LogP contribution >= 0.6 is 0 Å². The van der Waals surface area contributed by atoms with Crippen molar-refractivity contribution >= 4 is 11.8 Å². The molecule has 1 aliphatic rings. The van der Waals surface area contributed by atoms with Gasteiger partial charge in [0.2, 0.25) is 5.91 Å². The number of hydrogen-bond acceptors (Lipinski definition) is 3. The minimum absolute atomic E-state index is 0.00746. The number of carbonyl (C=O) groups is 2. The largest absolute Gasteiger partial charge is 0.343 e. The average Bonchev–Trinajstić information content (AvgIpc) is 2.46. The zero-order valence-corrected chi connectivity index (χ0v) is 10.3. The van der Waals surface area contributed by atoms with Crippen molar-refractivity contribution in [3.63, 3.8) is 0 Å². The Labute approximate surface area is 106 Å². The fraction of sp³-hybridized carbons (Fsp3) is 0.462. The molecule has 5 nitrogen and oxygen atoms in total. The number of aromatic nitrogens is 1. The third-order valence-electron chi connectivity index (χ3n) is 3.03. The van der Waals surface area contributed by atoms with Gasteiger partial charge in [0.05, 0.1) is 12.1 Å². The van der Waals surface area contributed by atoms with Crippen LogP contribution in [0.5, 0.6) is 0 Å². The normalized spacial score (nSPS) is 15.2. The van der Waals surface area contributed by atoms with Crippen molar-refractivity contribution < 1.29 is 9.59 Å². The van der Waals surface area contributed by atoms with Crippen LogP contribution in [-0.2, 0) is 4.79 Å². The molecule has 0 aromatic carbocycles. The van der Waals surface area contributed by atoms with E-state index in [1.165, 1.54) is 12.6 Å². The van der Waals surface area contributed by atoms with Gasteiger partial charge in [-0.05, 0) is 31.4 Å².